The van der Waals surface area contributed by atoms with Gasteiger partial charge in [0.2, 0.25) is 0 Å². The molecular formula is C15H14BrN. The number of hydrogen-bond acceptors (Lipinski definition) is 1. The smallest absolute Gasteiger partial charge is 0.0373 e. The lowest BCUT2D eigenvalue weighted by Crippen LogP contribution is -1.90. The number of benzene rings is 2. The van der Waals surface area contributed by atoms with Crippen LogP contribution in [0.5, 0.6) is 0 Å². The maximum Gasteiger partial charge on any atom is 0.0373 e. The van der Waals surface area contributed by atoms with Gasteiger partial charge in [-0.15, -0.1) is 0 Å². The maximum atomic E-state index is 3.51. The third kappa shape index (κ3) is 1.98. The highest BCUT2D eigenvalue weighted by Gasteiger charge is 2.11. The van der Waals surface area contributed by atoms with E-state index in [4.69, 9.17) is 0 Å². The lowest BCUT2D eigenvalue weighted by molar-refractivity contribution is 1.11. The second-order valence-electron chi connectivity index (χ2n) is 4.51. The molecule has 0 radical (unpaired) electrons. The van der Waals surface area contributed by atoms with E-state index in [1.165, 1.54) is 27.9 Å². The molecule has 3 rings (SSSR count). The van der Waals surface area contributed by atoms with E-state index in [1.807, 2.05) is 0 Å². The highest BCUT2D eigenvalue weighted by molar-refractivity contribution is 9.10. The zero-order chi connectivity index (χ0) is 11.8. The molecule has 0 fully saturated rings. The molecule has 1 aliphatic rings. The van der Waals surface area contributed by atoms with Gasteiger partial charge in [-0.3, -0.25) is 0 Å². The quantitative estimate of drug-likeness (QED) is 0.820. The molecule has 0 bridgehead atoms. The van der Waals surface area contributed by atoms with Crippen molar-refractivity contribution in [1.82, 2.24) is 0 Å². The summed E-state index contributed by atoms with van der Waals surface area (Å²) in [7, 11) is 0. The van der Waals surface area contributed by atoms with Gasteiger partial charge in [-0.1, -0.05) is 28.1 Å². The molecule has 0 atom stereocenters. The van der Waals surface area contributed by atoms with Gasteiger partial charge in [0.15, 0.2) is 0 Å². The molecule has 1 N–H and O–H groups in total. The van der Waals surface area contributed by atoms with Gasteiger partial charge >= 0.3 is 0 Å². The largest absolute Gasteiger partial charge is 0.384 e. The summed E-state index contributed by atoms with van der Waals surface area (Å²) in [6, 6.07) is 13.2. The average Bonchev–Trinajstić information content (AvgIpc) is 2.75. The number of anilines is 1. The summed E-state index contributed by atoms with van der Waals surface area (Å²) in [6.07, 6.45) is 1.14. The summed E-state index contributed by atoms with van der Waals surface area (Å²) in [5.74, 6) is 0. The Morgan fingerprint density at radius 1 is 1.12 bits per heavy atom. The van der Waals surface area contributed by atoms with Crippen LogP contribution in [0, 0.1) is 6.92 Å². The first-order valence-electron chi connectivity index (χ1n) is 5.87. The van der Waals surface area contributed by atoms with Crippen molar-refractivity contribution in [3.63, 3.8) is 0 Å². The van der Waals surface area contributed by atoms with E-state index in [0.717, 1.165) is 17.4 Å². The van der Waals surface area contributed by atoms with Crippen LogP contribution in [-0.4, -0.2) is 6.54 Å². The van der Waals surface area contributed by atoms with E-state index in [-0.39, 0.29) is 0 Å². The lowest BCUT2D eigenvalue weighted by Gasteiger charge is -2.08. The van der Waals surface area contributed by atoms with Crippen LogP contribution in [0.1, 0.15) is 11.1 Å². The standard InChI is InChI=1S/C15H14BrN/c1-10-8-13(16)3-4-14(10)11-2-5-15-12(9-11)6-7-17-15/h2-5,8-9,17H,6-7H2,1H3. The van der Waals surface area contributed by atoms with Gasteiger partial charge in [0.25, 0.3) is 0 Å². The second kappa shape index (κ2) is 4.19. The fourth-order valence-corrected chi connectivity index (χ4v) is 2.90. The molecule has 0 aliphatic carbocycles. The predicted molar refractivity (Wildman–Crippen MR) is 76.5 cm³/mol. The molecule has 17 heavy (non-hydrogen) atoms. The van der Waals surface area contributed by atoms with Crippen molar-refractivity contribution in [1.29, 1.82) is 0 Å². The van der Waals surface area contributed by atoms with Gasteiger partial charge in [-0.25, -0.2) is 0 Å². The summed E-state index contributed by atoms with van der Waals surface area (Å²) in [4.78, 5) is 0. The van der Waals surface area contributed by atoms with Gasteiger partial charge in [0, 0.05) is 16.7 Å². The third-order valence-corrected chi connectivity index (χ3v) is 3.81. The zero-order valence-electron chi connectivity index (χ0n) is 9.76. The maximum absolute atomic E-state index is 3.51. The monoisotopic (exact) mass is 287 g/mol. The van der Waals surface area contributed by atoms with Crippen LogP contribution in [0.2, 0.25) is 0 Å². The van der Waals surface area contributed by atoms with Crippen LogP contribution in [0.25, 0.3) is 11.1 Å². The van der Waals surface area contributed by atoms with Crippen molar-refractivity contribution in [2.45, 2.75) is 13.3 Å². The Balaban J connectivity index is 2.09. The zero-order valence-corrected chi connectivity index (χ0v) is 11.3. The minimum Gasteiger partial charge on any atom is -0.384 e. The Morgan fingerprint density at radius 2 is 2.00 bits per heavy atom. The van der Waals surface area contributed by atoms with Gasteiger partial charge in [0.1, 0.15) is 0 Å². The summed E-state index contributed by atoms with van der Waals surface area (Å²) in [5, 5.41) is 3.40. The van der Waals surface area contributed by atoms with Crippen molar-refractivity contribution in [2.75, 3.05) is 11.9 Å². The SMILES string of the molecule is Cc1cc(Br)ccc1-c1ccc2c(c1)CCN2. The highest BCUT2D eigenvalue weighted by Crippen LogP contribution is 2.31. The molecule has 0 unspecified atom stereocenters. The van der Waals surface area contributed by atoms with E-state index < -0.39 is 0 Å². The first kappa shape index (κ1) is 10.8. The van der Waals surface area contributed by atoms with Crippen molar-refractivity contribution in [2.24, 2.45) is 0 Å². The molecule has 1 nitrogen and oxygen atoms in total. The van der Waals surface area contributed by atoms with Crippen molar-refractivity contribution >= 4 is 21.6 Å². The Bertz CT molecular complexity index is 575. The fourth-order valence-electron chi connectivity index (χ4n) is 2.42. The fraction of sp³-hybridized carbons (Fsp3) is 0.200. The molecule has 0 saturated heterocycles. The predicted octanol–water partition coefficient (Wildman–Crippen LogP) is 4.39. The van der Waals surface area contributed by atoms with E-state index in [0.29, 0.717) is 0 Å². The lowest BCUT2D eigenvalue weighted by atomic mass is 9.98. The molecule has 1 aliphatic heterocycles. The van der Waals surface area contributed by atoms with Gasteiger partial charge in [-0.05, 0) is 59.9 Å². The van der Waals surface area contributed by atoms with E-state index in [1.54, 1.807) is 0 Å². The van der Waals surface area contributed by atoms with Crippen molar-refractivity contribution in [3.05, 3.63) is 52.0 Å². The number of halogens is 1. The summed E-state index contributed by atoms with van der Waals surface area (Å²) in [5.41, 5.74) is 6.68. The van der Waals surface area contributed by atoms with Crippen LogP contribution in [0.15, 0.2) is 40.9 Å². The van der Waals surface area contributed by atoms with Gasteiger partial charge < -0.3 is 5.32 Å². The highest BCUT2D eigenvalue weighted by atomic mass is 79.9. The normalized spacial score (nSPS) is 13.3. The van der Waals surface area contributed by atoms with Crippen LogP contribution >= 0.6 is 15.9 Å². The van der Waals surface area contributed by atoms with Crippen LogP contribution in [0.4, 0.5) is 5.69 Å². The van der Waals surface area contributed by atoms with E-state index >= 15 is 0 Å². The summed E-state index contributed by atoms with van der Waals surface area (Å²) < 4.78 is 1.14. The molecule has 0 amide bonds. The van der Waals surface area contributed by atoms with Crippen LogP contribution in [-0.2, 0) is 6.42 Å². The molecular weight excluding hydrogens is 274 g/mol. The topological polar surface area (TPSA) is 12.0 Å². The Kier molecular flexibility index (Phi) is 2.67. The van der Waals surface area contributed by atoms with Crippen LogP contribution in [0.3, 0.4) is 0 Å². The van der Waals surface area contributed by atoms with Gasteiger partial charge in [0.05, 0.1) is 0 Å². The molecule has 0 aromatic heterocycles. The number of aryl methyl sites for hydroxylation is 1. The number of fused-ring (bicyclic) bond motifs is 1. The third-order valence-electron chi connectivity index (χ3n) is 3.31. The number of rotatable bonds is 1. The molecule has 1 heterocycles. The molecule has 0 saturated carbocycles. The number of nitrogens with one attached hydrogen (secondary N) is 1. The summed E-state index contributed by atoms with van der Waals surface area (Å²) in [6.45, 7) is 3.23. The molecule has 2 aromatic rings. The van der Waals surface area contributed by atoms with Gasteiger partial charge in [-0.2, -0.15) is 0 Å². The second-order valence-corrected chi connectivity index (χ2v) is 5.42. The minimum absolute atomic E-state index is 1.07. The van der Waals surface area contributed by atoms with E-state index in [9.17, 15) is 0 Å². The molecule has 86 valence electrons. The molecule has 0 spiro atoms. The molecule has 2 aromatic carbocycles. The number of hydrogen-bond donors (Lipinski definition) is 1. The minimum atomic E-state index is 1.07. The Morgan fingerprint density at radius 3 is 2.82 bits per heavy atom. The van der Waals surface area contributed by atoms with Crippen molar-refractivity contribution in [3.8, 4) is 11.1 Å². The first-order chi connectivity index (χ1) is 8.24. The Hall–Kier alpha value is -1.28. The molecule has 2 heteroatoms. The average molecular weight is 288 g/mol. The van der Waals surface area contributed by atoms with E-state index in [2.05, 4.69) is 64.6 Å². The first-order valence-corrected chi connectivity index (χ1v) is 6.67. The summed E-state index contributed by atoms with van der Waals surface area (Å²) >= 11 is 3.51. The Labute approximate surface area is 110 Å². The van der Waals surface area contributed by atoms with Crippen LogP contribution < -0.4 is 5.32 Å². The van der Waals surface area contributed by atoms with Crippen molar-refractivity contribution < 1.29 is 0 Å².